The fourth-order valence-corrected chi connectivity index (χ4v) is 2.07. The van der Waals surface area contributed by atoms with Crippen molar-refractivity contribution in [2.24, 2.45) is 0 Å². The van der Waals surface area contributed by atoms with Crippen LogP contribution < -0.4 is 0 Å². The number of hydrogen-bond donors (Lipinski definition) is 0. The number of benzene rings is 1. The first-order chi connectivity index (χ1) is 7.99. The van der Waals surface area contributed by atoms with Crippen molar-refractivity contribution >= 4 is 46.4 Å². The average molecular weight is 311 g/mol. The molecule has 17 heavy (non-hydrogen) atoms. The molecule has 0 saturated carbocycles. The van der Waals surface area contributed by atoms with E-state index in [1.807, 2.05) is 0 Å². The highest BCUT2D eigenvalue weighted by atomic mass is 35.5. The monoisotopic (exact) mass is 309 g/mol. The molecule has 0 radical (unpaired) electrons. The summed E-state index contributed by atoms with van der Waals surface area (Å²) in [7, 11) is 0. The van der Waals surface area contributed by atoms with Crippen molar-refractivity contribution in [2.75, 3.05) is 0 Å². The molecular weight excluding hydrogens is 307 g/mol. The van der Waals surface area contributed by atoms with Gasteiger partial charge in [0.1, 0.15) is 0 Å². The predicted octanol–water partition coefficient (Wildman–Crippen LogP) is 5.50. The van der Waals surface area contributed by atoms with Gasteiger partial charge in [0.15, 0.2) is 11.0 Å². The molecule has 0 bridgehead atoms. The smallest absolute Gasteiger partial charge is 0.164 e. The van der Waals surface area contributed by atoms with Crippen LogP contribution in [0.3, 0.4) is 0 Å². The van der Waals surface area contributed by atoms with Gasteiger partial charge in [-0.05, 0) is 18.2 Å². The molecular formula is C11H4Cl4FN. The summed E-state index contributed by atoms with van der Waals surface area (Å²) in [6.07, 6.45) is 1.41. The van der Waals surface area contributed by atoms with Crippen LogP contribution in [-0.2, 0) is 0 Å². The second kappa shape index (κ2) is 4.99. The summed E-state index contributed by atoms with van der Waals surface area (Å²) in [5, 5.41) is 0.845. The highest BCUT2D eigenvalue weighted by molar-refractivity contribution is 6.44. The van der Waals surface area contributed by atoms with Gasteiger partial charge in [-0.2, -0.15) is 0 Å². The van der Waals surface area contributed by atoms with Gasteiger partial charge in [0.05, 0.1) is 15.1 Å². The van der Waals surface area contributed by atoms with E-state index in [0.717, 1.165) is 0 Å². The van der Waals surface area contributed by atoms with Crippen LogP contribution in [0.15, 0.2) is 24.4 Å². The molecule has 0 aliphatic carbocycles. The maximum atomic E-state index is 13.3. The molecule has 0 unspecified atom stereocenters. The van der Waals surface area contributed by atoms with Crippen molar-refractivity contribution in [3.63, 3.8) is 0 Å². The Labute approximate surface area is 117 Å². The highest BCUT2D eigenvalue weighted by Gasteiger charge is 2.10. The Morgan fingerprint density at radius 1 is 0.882 bits per heavy atom. The summed E-state index contributed by atoms with van der Waals surface area (Å²) >= 11 is 23.2. The van der Waals surface area contributed by atoms with Gasteiger partial charge in [0, 0.05) is 17.3 Å². The predicted molar refractivity (Wildman–Crippen MR) is 69.7 cm³/mol. The Bertz CT molecular complexity index is 586. The summed E-state index contributed by atoms with van der Waals surface area (Å²) in [6.45, 7) is 0. The normalized spacial score (nSPS) is 10.6. The SMILES string of the molecule is Fc1cc(-c2cc(Cl)c(Cl)cc2Cl)cnc1Cl. The van der Waals surface area contributed by atoms with Gasteiger partial charge in [0.25, 0.3) is 0 Å². The zero-order chi connectivity index (χ0) is 12.6. The van der Waals surface area contributed by atoms with Crippen molar-refractivity contribution in [2.45, 2.75) is 0 Å². The standard InChI is InChI=1S/C11H4Cl4FN/c12-7-3-9(14)8(13)2-6(7)5-1-10(16)11(15)17-4-5/h1-4H. The molecule has 1 aromatic carbocycles. The van der Waals surface area contributed by atoms with Gasteiger partial charge in [-0.15, -0.1) is 0 Å². The largest absolute Gasteiger partial charge is 0.241 e. The number of nitrogens with zero attached hydrogens (tertiary/aromatic N) is 1. The Hall–Kier alpha value is -0.540. The number of pyridine rings is 1. The van der Waals surface area contributed by atoms with Gasteiger partial charge >= 0.3 is 0 Å². The minimum atomic E-state index is -0.619. The molecule has 1 aromatic heterocycles. The first-order valence-electron chi connectivity index (χ1n) is 4.45. The summed E-state index contributed by atoms with van der Waals surface area (Å²) in [5.74, 6) is -0.619. The first kappa shape index (κ1) is 12.9. The minimum Gasteiger partial charge on any atom is -0.241 e. The molecule has 88 valence electrons. The van der Waals surface area contributed by atoms with Gasteiger partial charge in [0.2, 0.25) is 0 Å². The highest BCUT2D eigenvalue weighted by Crippen LogP contribution is 2.35. The lowest BCUT2D eigenvalue weighted by Gasteiger charge is -2.06. The lowest BCUT2D eigenvalue weighted by atomic mass is 10.1. The van der Waals surface area contributed by atoms with E-state index in [4.69, 9.17) is 46.4 Å². The van der Waals surface area contributed by atoms with Crippen LogP contribution in [0.4, 0.5) is 4.39 Å². The van der Waals surface area contributed by atoms with Crippen LogP contribution in [0.1, 0.15) is 0 Å². The van der Waals surface area contributed by atoms with Crippen LogP contribution in [0.2, 0.25) is 20.2 Å². The quantitative estimate of drug-likeness (QED) is 0.500. The van der Waals surface area contributed by atoms with Gasteiger partial charge in [-0.1, -0.05) is 46.4 Å². The van der Waals surface area contributed by atoms with Gasteiger partial charge in [-0.3, -0.25) is 0 Å². The third-order valence-electron chi connectivity index (χ3n) is 2.12. The molecule has 0 aliphatic rings. The molecule has 1 heterocycles. The van der Waals surface area contributed by atoms with Crippen LogP contribution in [0, 0.1) is 5.82 Å². The molecule has 0 aliphatic heterocycles. The van der Waals surface area contributed by atoms with E-state index in [2.05, 4.69) is 4.98 Å². The third kappa shape index (κ3) is 2.66. The minimum absolute atomic E-state index is 0.190. The van der Waals surface area contributed by atoms with Crippen molar-refractivity contribution in [1.29, 1.82) is 0 Å². The number of halogens is 5. The Morgan fingerprint density at radius 2 is 1.53 bits per heavy atom. The topological polar surface area (TPSA) is 12.9 Å². The van der Waals surface area contributed by atoms with E-state index in [9.17, 15) is 4.39 Å². The summed E-state index contributed by atoms with van der Waals surface area (Å²) in [5.41, 5.74) is 1.03. The number of aromatic nitrogens is 1. The molecule has 2 aromatic rings. The van der Waals surface area contributed by atoms with Gasteiger partial charge in [-0.25, -0.2) is 9.37 Å². The molecule has 2 rings (SSSR count). The summed E-state index contributed by atoms with van der Waals surface area (Å²) in [6, 6.07) is 4.28. The van der Waals surface area contributed by atoms with E-state index < -0.39 is 5.82 Å². The van der Waals surface area contributed by atoms with Crippen molar-refractivity contribution < 1.29 is 4.39 Å². The van der Waals surface area contributed by atoms with Crippen molar-refractivity contribution in [3.05, 3.63) is 50.4 Å². The second-order valence-electron chi connectivity index (χ2n) is 3.24. The maximum absolute atomic E-state index is 13.3. The zero-order valence-corrected chi connectivity index (χ0v) is 11.2. The molecule has 0 fully saturated rings. The Kier molecular flexibility index (Phi) is 3.79. The van der Waals surface area contributed by atoms with Crippen LogP contribution in [-0.4, -0.2) is 4.98 Å². The fourth-order valence-electron chi connectivity index (χ4n) is 1.31. The van der Waals surface area contributed by atoms with E-state index in [0.29, 0.717) is 26.2 Å². The molecule has 1 nitrogen and oxygen atoms in total. The Balaban J connectivity index is 2.60. The van der Waals surface area contributed by atoms with Crippen LogP contribution in [0.25, 0.3) is 11.1 Å². The van der Waals surface area contributed by atoms with E-state index in [1.54, 1.807) is 6.07 Å². The summed E-state index contributed by atoms with van der Waals surface area (Å²) in [4.78, 5) is 3.70. The third-order valence-corrected chi connectivity index (χ3v) is 3.43. The van der Waals surface area contributed by atoms with Crippen molar-refractivity contribution in [3.8, 4) is 11.1 Å². The number of rotatable bonds is 1. The average Bonchev–Trinajstić information content (AvgIpc) is 2.27. The summed E-state index contributed by atoms with van der Waals surface area (Å²) < 4.78 is 13.3. The molecule has 0 atom stereocenters. The number of hydrogen-bond acceptors (Lipinski definition) is 1. The fraction of sp³-hybridized carbons (Fsp3) is 0. The lowest BCUT2D eigenvalue weighted by Crippen LogP contribution is -1.87. The van der Waals surface area contributed by atoms with Crippen molar-refractivity contribution in [1.82, 2.24) is 4.98 Å². The maximum Gasteiger partial charge on any atom is 0.164 e. The lowest BCUT2D eigenvalue weighted by molar-refractivity contribution is 0.622. The van der Waals surface area contributed by atoms with E-state index in [-0.39, 0.29) is 5.15 Å². The van der Waals surface area contributed by atoms with E-state index >= 15 is 0 Å². The molecule has 0 saturated heterocycles. The molecule has 0 N–H and O–H groups in total. The molecule has 6 heteroatoms. The Morgan fingerprint density at radius 3 is 2.18 bits per heavy atom. The second-order valence-corrected chi connectivity index (χ2v) is 4.82. The van der Waals surface area contributed by atoms with E-state index in [1.165, 1.54) is 18.3 Å². The van der Waals surface area contributed by atoms with Crippen LogP contribution >= 0.6 is 46.4 Å². The van der Waals surface area contributed by atoms with Crippen LogP contribution in [0.5, 0.6) is 0 Å². The van der Waals surface area contributed by atoms with Gasteiger partial charge < -0.3 is 0 Å². The molecule has 0 amide bonds. The zero-order valence-electron chi connectivity index (χ0n) is 8.15. The first-order valence-corrected chi connectivity index (χ1v) is 5.96. The molecule has 0 spiro atoms.